The highest BCUT2D eigenvalue weighted by atomic mass is 15.1. The molecule has 0 unspecified atom stereocenters. The summed E-state index contributed by atoms with van der Waals surface area (Å²) in [6.07, 6.45) is 0. The van der Waals surface area contributed by atoms with E-state index in [-0.39, 0.29) is 0 Å². The molecule has 2 heterocycles. The molecule has 0 aliphatic rings. The summed E-state index contributed by atoms with van der Waals surface area (Å²) < 4.78 is 4.77. The van der Waals surface area contributed by atoms with Crippen molar-refractivity contribution in [2.24, 2.45) is 0 Å². The quantitative estimate of drug-likeness (QED) is 0.159. The average molecular weight is 728 g/mol. The fraction of sp³-hybridized carbons (Fsp3) is 0. The average Bonchev–Trinajstić information content (AvgIpc) is 3.81. The minimum atomic E-state index is 1.10. The molecule has 3 nitrogen and oxygen atoms in total. The number of hydrogen-bond acceptors (Lipinski definition) is 1. The van der Waals surface area contributed by atoms with Gasteiger partial charge in [0.15, 0.2) is 0 Å². The number of hydrogen-bond donors (Lipinski definition) is 0. The third-order valence-electron chi connectivity index (χ3n) is 11.3. The zero-order valence-electron chi connectivity index (χ0n) is 31.2. The van der Waals surface area contributed by atoms with E-state index in [0.717, 1.165) is 22.7 Å². The number of benzene rings is 9. The molecule has 57 heavy (non-hydrogen) atoms. The molecule has 0 aliphatic carbocycles. The van der Waals surface area contributed by atoms with Crippen LogP contribution in [0.3, 0.4) is 0 Å². The van der Waals surface area contributed by atoms with Crippen LogP contribution in [0.1, 0.15) is 0 Å². The summed E-state index contributed by atoms with van der Waals surface area (Å²) in [4.78, 5) is 2.33. The number of fused-ring (bicyclic) bond motifs is 6. The van der Waals surface area contributed by atoms with Gasteiger partial charge in [-0.05, 0) is 95.6 Å². The maximum Gasteiger partial charge on any atom is 0.0541 e. The lowest BCUT2D eigenvalue weighted by atomic mass is 10.0. The van der Waals surface area contributed by atoms with Crippen LogP contribution >= 0.6 is 0 Å². The molecule has 0 aliphatic heterocycles. The fourth-order valence-corrected chi connectivity index (χ4v) is 8.72. The third-order valence-corrected chi connectivity index (χ3v) is 11.3. The van der Waals surface area contributed by atoms with Crippen molar-refractivity contribution in [3.8, 4) is 33.6 Å². The van der Waals surface area contributed by atoms with E-state index < -0.39 is 0 Å². The van der Waals surface area contributed by atoms with Crippen LogP contribution in [-0.4, -0.2) is 9.13 Å². The molecule has 0 bridgehead atoms. The van der Waals surface area contributed by atoms with E-state index in [2.05, 4.69) is 238 Å². The summed E-state index contributed by atoms with van der Waals surface area (Å²) in [6.45, 7) is 0. The number of aromatic nitrogens is 2. The molecule has 0 saturated carbocycles. The predicted molar refractivity (Wildman–Crippen MR) is 241 cm³/mol. The first-order valence-corrected chi connectivity index (χ1v) is 19.5. The van der Waals surface area contributed by atoms with Crippen LogP contribution in [0, 0.1) is 0 Å². The Morgan fingerprint density at radius 1 is 0.263 bits per heavy atom. The first-order valence-electron chi connectivity index (χ1n) is 19.5. The minimum absolute atomic E-state index is 1.10. The second kappa shape index (κ2) is 13.6. The van der Waals surface area contributed by atoms with Crippen molar-refractivity contribution < 1.29 is 0 Å². The van der Waals surface area contributed by atoms with Crippen molar-refractivity contribution in [2.45, 2.75) is 0 Å². The molecule has 0 spiro atoms. The van der Waals surface area contributed by atoms with E-state index in [9.17, 15) is 0 Å². The number of rotatable bonds is 7. The molecule has 11 rings (SSSR count). The highest BCUT2D eigenvalue weighted by Gasteiger charge is 2.17. The molecule has 11 aromatic rings. The Kier molecular flexibility index (Phi) is 7.82. The molecular formula is C54H37N3. The summed E-state index contributed by atoms with van der Waals surface area (Å²) in [5.41, 5.74) is 15.2. The van der Waals surface area contributed by atoms with Gasteiger partial charge < -0.3 is 14.0 Å². The molecule has 3 heteroatoms. The zero-order chi connectivity index (χ0) is 37.7. The maximum absolute atomic E-state index is 2.41. The van der Waals surface area contributed by atoms with E-state index >= 15 is 0 Å². The largest absolute Gasteiger partial charge is 0.311 e. The van der Waals surface area contributed by atoms with Gasteiger partial charge in [-0.15, -0.1) is 0 Å². The Balaban J connectivity index is 0.931. The minimum Gasteiger partial charge on any atom is -0.311 e. The van der Waals surface area contributed by atoms with Crippen LogP contribution in [0.5, 0.6) is 0 Å². The van der Waals surface area contributed by atoms with Crippen LogP contribution in [0.4, 0.5) is 17.1 Å². The normalized spacial score (nSPS) is 11.5. The third kappa shape index (κ3) is 5.51. The van der Waals surface area contributed by atoms with Crippen LogP contribution in [0.2, 0.25) is 0 Å². The van der Waals surface area contributed by atoms with Gasteiger partial charge in [-0.3, -0.25) is 0 Å². The molecule has 0 radical (unpaired) electrons. The summed E-state index contributed by atoms with van der Waals surface area (Å²) in [7, 11) is 0. The second-order valence-corrected chi connectivity index (χ2v) is 14.6. The van der Waals surface area contributed by atoms with Gasteiger partial charge in [-0.25, -0.2) is 0 Å². The summed E-state index contributed by atoms with van der Waals surface area (Å²) in [5.74, 6) is 0. The van der Waals surface area contributed by atoms with E-state index in [4.69, 9.17) is 0 Å². The Morgan fingerprint density at radius 3 is 1.14 bits per heavy atom. The summed E-state index contributed by atoms with van der Waals surface area (Å²) >= 11 is 0. The van der Waals surface area contributed by atoms with Crippen molar-refractivity contribution in [1.29, 1.82) is 0 Å². The van der Waals surface area contributed by atoms with Gasteiger partial charge >= 0.3 is 0 Å². The second-order valence-electron chi connectivity index (χ2n) is 14.6. The summed E-state index contributed by atoms with van der Waals surface area (Å²) in [6, 6.07) is 80.9. The summed E-state index contributed by atoms with van der Waals surface area (Å²) in [5, 5.41) is 5.07. The smallest absolute Gasteiger partial charge is 0.0541 e. The van der Waals surface area contributed by atoms with Crippen molar-refractivity contribution >= 4 is 60.7 Å². The standard InChI is InChI=1S/C54H37N3/c1-2-14-41(15-3-1)55(42-32-26-38(27-33-42)39-28-34-44(35-29-39)56-51-22-10-5-17-46(51)47-18-6-11-23-52(47)56)43-36-30-40(31-37-43)45-16-4-9-21-50(45)57-53-24-12-7-19-48(53)49-20-8-13-25-54(49)57/h1-37H. The Hall–Kier alpha value is -7.62. The molecule has 0 saturated heterocycles. The van der Waals surface area contributed by atoms with Crippen molar-refractivity contribution in [2.75, 3.05) is 4.90 Å². The molecule has 0 atom stereocenters. The molecule has 0 N–H and O–H groups in total. The highest BCUT2D eigenvalue weighted by Crippen LogP contribution is 2.40. The number of para-hydroxylation sites is 6. The SMILES string of the molecule is c1ccc(N(c2ccc(-c3ccc(-n4c5ccccc5c5ccccc54)cc3)cc2)c2ccc(-c3ccccc3-n3c4ccccc4c4ccccc43)cc2)cc1. The van der Waals surface area contributed by atoms with Crippen LogP contribution in [0.25, 0.3) is 77.2 Å². The van der Waals surface area contributed by atoms with Gasteiger partial charge in [0.2, 0.25) is 0 Å². The predicted octanol–water partition coefficient (Wildman–Crippen LogP) is 14.7. The zero-order valence-corrected chi connectivity index (χ0v) is 31.2. The van der Waals surface area contributed by atoms with E-state index in [1.807, 2.05) is 0 Å². The molecule has 0 amide bonds. The van der Waals surface area contributed by atoms with Crippen LogP contribution in [-0.2, 0) is 0 Å². The molecule has 0 fully saturated rings. The Morgan fingerprint density at radius 2 is 0.632 bits per heavy atom. The first-order chi connectivity index (χ1) is 28.3. The van der Waals surface area contributed by atoms with Gasteiger partial charge in [0.25, 0.3) is 0 Å². The van der Waals surface area contributed by atoms with Crippen molar-refractivity contribution in [1.82, 2.24) is 9.13 Å². The van der Waals surface area contributed by atoms with Crippen LogP contribution in [0.15, 0.2) is 224 Å². The molecule has 9 aromatic carbocycles. The van der Waals surface area contributed by atoms with Crippen molar-refractivity contribution in [3.05, 3.63) is 224 Å². The van der Waals surface area contributed by atoms with Crippen LogP contribution < -0.4 is 4.90 Å². The van der Waals surface area contributed by atoms with Gasteiger partial charge in [-0.1, -0.05) is 146 Å². The van der Waals surface area contributed by atoms with E-state index in [1.165, 1.54) is 71.6 Å². The van der Waals surface area contributed by atoms with Gasteiger partial charge in [0, 0.05) is 49.9 Å². The fourth-order valence-electron chi connectivity index (χ4n) is 8.72. The molecule has 268 valence electrons. The monoisotopic (exact) mass is 727 g/mol. The Bertz CT molecular complexity index is 3100. The highest BCUT2D eigenvalue weighted by molar-refractivity contribution is 6.10. The Labute approximate surface area is 331 Å². The van der Waals surface area contributed by atoms with Gasteiger partial charge in [0.05, 0.1) is 27.8 Å². The maximum atomic E-state index is 2.41. The van der Waals surface area contributed by atoms with E-state index in [0.29, 0.717) is 0 Å². The lowest BCUT2D eigenvalue weighted by molar-refractivity contribution is 1.18. The molecule has 2 aromatic heterocycles. The first kappa shape index (κ1) is 32.8. The lowest BCUT2D eigenvalue weighted by Crippen LogP contribution is -2.09. The van der Waals surface area contributed by atoms with Gasteiger partial charge in [0.1, 0.15) is 0 Å². The topological polar surface area (TPSA) is 13.1 Å². The number of nitrogens with zero attached hydrogens (tertiary/aromatic N) is 3. The van der Waals surface area contributed by atoms with Crippen molar-refractivity contribution in [3.63, 3.8) is 0 Å². The molecular weight excluding hydrogens is 691 g/mol. The van der Waals surface area contributed by atoms with E-state index in [1.54, 1.807) is 0 Å². The number of anilines is 3. The lowest BCUT2D eigenvalue weighted by Gasteiger charge is -2.26. The van der Waals surface area contributed by atoms with Gasteiger partial charge in [-0.2, -0.15) is 0 Å².